The maximum atomic E-state index is 12.3. The van der Waals surface area contributed by atoms with Gasteiger partial charge in [0, 0.05) is 18.8 Å². The van der Waals surface area contributed by atoms with Gasteiger partial charge < -0.3 is 15.6 Å². The summed E-state index contributed by atoms with van der Waals surface area (Å²) in [6, 6.07) is 2.18. The summed E-state index contributed by atoms with van der Waals surface area (Å²) in [6.45, 7) is 2.80. The molecule has 1 amide bonds. The van der Waals surface area contributed by atoms with Crippen LogP contribution in [0.5, 0.6) is 0 Å². The molecule has 18 heavy (non-hydrogen) atoms. The molecule has 2 aliphatic rings. The van der Waals surface area contributed by atoms with Gasteiger partial charge in [-0.1, -0.05) is 0 Å². The summed E-state index contributed by atoms with van der Waals surface area (Å²) < 4.78 is 1.92. The molecule has 2 fully saturated rings. The Morgan fingerprint density at radius 3 is 2.56 bits per heavy atom. The van der Waals surface area contributed by atoms with E-state index in [1.807, 2.05) is 17.7 Å². The van der Waals surface area contributed by atoms with E-state index < -0.39 is 0 Å². The number of amides is 1. The molecule has 0 radical (unpaired) electrons. The minimum Gasteiger partial charge on any atom is -0.397 e. The molecule has 0 atom stereocenters. The van der Waals surface area contributed by atoms with Crippen LogP contribution < -0.4 is 11.1 Å². The van der Waals surface area contributed by atoms with Gasteiger partial charge in [-0.25, -0.2) is 0 Å². The molecule has 0 saturated heterocycles. The minimum atomic E-state index is 0.0392. The van der Waals surface area contributed by atoms with Gasteiger partial charge in [-0.3, -0.25) is 4.79 Å². The Balaban J connectivity index is 1.72. The Bertz CT molecular complexity index is 446. The van der Waals surface area contributed by atoms with Crippen molar-refractivity contribution in [2.45, 2.75) is 45.2 Å². The van der Waals surface area contributed by atoms with Gasteiger partial charge in [-0.05, 0) is 50.5 Å². The molecule has 0 spiro atoms. The lowest BCUT2D eigenvalue weighted by Crippen LogP contribution is -2.38. The van der Waals surface area contributed by atoms with Crippen LogP contribution in [-0.2, 0) is 6.54 Å². The van der Waals surface area contributed by atoms with Crippen LogP contribution in [-0.4, -0.2) is 16.5 Å². The van der Waals surface area contributed by atoms with Crippen molar-refractivity contribution >= 4 is 11.6 Å². The standard InChI is InChI=1S/C14H21N3O/c1-2-17-8-11(15)7-12(17)14(18)16-13(9-3-4-9)10-5-6-10/h7-10,13H,2-6,15H2,1H3,(H,16,18). The molecule has 0 bridgehead atoms. The van der Waals surface area contributed by atoms with Gasteiger partial charge in [0.1, 0.15) is 5.69 Å². The van der Waals surface area contributed by atoms with Crippen molar-refractivity contribution in [3.63, 3.8) is 0 Å². The van der Waals surface area contributed by atoms with E-state index in [1.54, 1.807) is 6.07 Å². The minimum absolute atomic E-state index is 0.0392. The third-order valence-electron chi connectivity index (χ3n) is 4.05. The summed E-state index contributed by atoms with van der Waals surface area (Å²) in [4.78, 5) is 12.3. The second-order valence-corrected chi connectivity index (χ2v) is 5.62. The van der Waals surface area contributed by atoms with Gasteiger partial charge in [-0.2, -0.15) is 0 Å². The van der Waals surface area contributed by atoms with E-state index in [-0.39, 0.29) is 5.91 Å². The van der Waals surface area contributed by atoms with Crippen molar-refractivity contribution in [1.82, 2.24) is 9.88 Å². The Kier molecular flexibility index (Phi) is 2.80. The largest absolute Gasteiger partial charge is 0.397 e. The Labute approximate surface area is 108 Å². The van der Waals surface area contributed by atoms with Gasteiger partial charge in [0.25, 0.3) is 5.91 Å². The second-order valence-electron chi connectivity index (χ2n) is 5.62. The van der Waals surface area contributed by atoms with Gasteiger partial charge in [-0.15, -0.1) is 0 Å². The van der Waals surface area contributed by atoms with Crippen LogP contribution in [0.1, 0.15) is 43.1 Å². The summed E-state index contributed by atoms with van der Waals surface area (Å²) in [5.74, 6) is 1.49. The van der Waals surface area contributed by atoms with Gasteiger partial charge in [0.2, 0.25) is 0 Å². The fraction of sp³-hybridized carbons (Fsp3) is 0.643. The average molecular weight is 247 g/mol. The number of nitrogens with zero attached hydrogens (tertiary/aromatic N) is 1. The molecule has 3 N–H and O–H groups in total. The van der Waals surface area contributed by atoms with Crippen LogP contribution in [0.4, 0.5) is 5.69 Å². The molecule has 0 unspecified atom stereocenters. The highest BCUT2D eigenvalue weighted by Gasteiger charge is 2.42. The third kappa shape index (κ3) is 2.24. The van der Waals surface area contributed by atoms with Crippen LogP contribution in [0.3, 0.4) is 0 Å². The molecule has 1 heterocycles. The predicted octanol–water partition coefficient (Wildman–Crippen LogP) is 2.01. The van der Waals surface area contributed by atoms with Crippen LogP contribution >= 0.6 is 0 Å². The Morgan fingerprint density at radius 2 is 2.06 bits per heavy atom. The summed E-state index contributed by atoms with van der Waals surface area (Å²) in [6.07, 6.45) is 6.94. The highest BCUT2D eigenvalue weighted by Crippen LogP contribution is 2.44. The van der Waals surface area contributed by atoms with E-state index in [4.69, 9.17) is 5.73 Å². The summed E-state index contributed by atoms with van der Waals surface area (Å²) >= 11 is 0. The smallest absolute Gasteiger partial charge is 0.268 e. The fourth-order valence-corrected chi connectivity index (χ4v) is 2.74. The van der Waals surface area contributed by atoms with Crippen molar-refractivity contribution in [1.29, 1.82) is 0 Å². The number of nitrogens with one attached hydrogen (secondary N) is 1. The van der Waals surface area contributed by atoms with Crippen molar-refractivity contribution in [2.24, 2.45) is 11.8 Å². The molecule has 0 aliphatic heterocycles. The summed E-state index contributed by atoms with van der Waals surface area (Å²) in [5.41, 5.74) is 7.13. The van der Waals surface area contributed by atoms with Crippen LogP contribution in [0.15, 0.2) is 12.3 Å². The molecule has 4 nitrogen and oxygen atoms in total. The van der Waals surface area contributed by atoms with Crippen molar-refractivity contribution in [3.05, 3.63) is 18.0 Å². The lowest BCUT2D eigenvalue weighted by Gasteiger charge is -2.18. The first-order valence-corrected chi connectivity index (χ1v) is 6.95. The summed E-state index contributed by atoms with van der Waals surface area (Å²) in [5, 5.41) is 3.23. The number of hydrogen-bond acceptors (Lipinski definition) is 2. The quantitative estimate of drug-likeness (QED) is 0.836. The second kappa shape index (κ2) is 4.34. The van der Waals surface area contributed by atoms with Crippen LogP contribution in [0.2, 0.25) is 0 Å². The first kappa shape index (κ1) is 11.6. The normalized spacial score (nSPS) is 19.2. The van der Waals surface area contributed by atoms with Crippen LogP contribution in [0, 0.1) is 11.8 Å². The maximum Gasteiger partial charge on any atom is 0.268 e. The zero-order chi connectivity index (χ0) is 12.7. The zero-order valence-electron chi connectivity index (χ0n) is 10.9. The third-order valence-corrected chi connectivity index (χ3v) is 4.05. The lowest BCUT2D eigenvalue weighted by atomic mass is 10.1. The van der Waals surface area contributed by atoms with Crippen molar-refractivity contribution in [3.8, 4) is 0 Å². The Hall–Kier alpha value is -1.45. The SMILES string of the molecule is CCn1cc(N)cc1C(=O)NC(C1CC1)C1CC1. The summed E-state index contributed by atoms with van der Waals surface area (Å²) in [7, 11) is 0. The van der Waals surface area contributed by atoms with E-state index in [0.29, 0.717) is 17.4 Å². The van der Waals surface area contributed by atoms with Crippen molar-refractivity contribution in [2.75, 3.05) is 5.73 Å². The molecule has 2 saturated carbocycles. The number of aromatic nitrogens is 1. The molecule has 3 rings (SSSR count). The monoisotopic (exact) mass is 247 g/mol. The molecular formula is C14H21N3O. The topological polar surface area (TPSA) is 60.0 Å². The van der Waals surface area contributed by atoms with Gasteiger partial charge in [0.15, 0.2) is 0 Å². The number of nitrogens with two attached hydrogens (primary N) is 1. The van der Waals surface area contributed by atoms with Gasteiger partial charge >= 0.3 is 0 Å². The number of nitrogen functional groups attached to an aromatic ring is 1. The molecule has 98 valence electrons. The van der Waals surface area contributed by atoms with E-state index in [0.717, 1.165) is 18.4 Å². The van der Waals surface area contributed by atoms with E-state index >= 15 is 0 Å². The van der Waals surface area contributed by atoms with Gasteiger partial charge in [0.05, 0.1) is 5.69 Å². The number of carbonyl (C=O) groups excluding carboxylic acids is 1. The maximum absolute atomic E-state index is 12.3. The highest BCUT2D eigenvalue weighted by molar-refractivity contribution is 5.94. The number of anilines is 1. The highest BCUT2D eigenvalue weighted by atomic mass is 16.2. The predicted molar refractivity (Wildman–Crippen MR) is 71.2 cm³/mol. The number of aryl methyl sites for hydroxylation is 1. The van der Waals surface area contributed by atoms with Crippen molar-refractivity contribution < 1.29 is 4.79 Å². The molecule has 1 aromatic rings. The van der Waals surface area contributed by atoms with E-state index in [1.165, 1.54) is 25.7 Å². The molecule has 4 heteroatoms. The molecule has 0 aromatic carbocycles. The average Bonchev–Trinajstić information content (AvgIpc) is 3.23. The number of hydrogen-bond donors (Lipinski definition) is 2. The fourth-order valence-electron chi connectivity index (χ4n) is 2.74. The Morgan fingerprint density at radius 1 is 1.44 bits per heavy atom. The van der Waals surface area contributed by atoms with E-state index in [2.05, 4.69) is 5.32 Å². The first-order chi connectivity index (χ1) is 8.69. The molecular weight excluding hydrogens is 226 g/mol. The first-order valence-electron chi connectivity index (χ1n) is 6.95. The van der Waals surface area contributed by atoms with Crippen LogP contribution in [0.25, 0.3) is 0 Å². The zero-order valence-corrected chi connectivity index (χ0v) is 10.9. The lowest BCUT2D eigenvalue weighted by molar-refractivity contribution is 0.0917. The number of rotatable bonds is 5. The number of carbonyl (C=O) groups is 1. The molecule has 2 aliphatic carbocycles. The van der Waals surface area contributed by atoms with E-state index in [9.17, 15) is 4.79 Å². The molecule has 1 aromatic heterocycles.